The minimum atomic E-state index is -0.196. The Labute approximate surface area is 144 Å². The molecule has 136 valence electrons. The Balaban J connectivity index is 1.61. The second-order valence-electron chi connectivity index (χ2n) is 7.45. The number of nitrogens with zero attached hydrogens (tertiary/aromatic N) is 3. The van der Waals surface area contributed by atoms with Gasteiger partial charge >= 0.3 is 6.03 Å². The van der Waals surface area contributed by atoms with Crippen molar-refractivity contribution in [2.45, 2.75) is 58.0 Å². The highest BCUT2D eigenvalue weighted by molar-refractivity contribution is 5.88. The molecule has 1 aliphatic rings. The molecule has 2 heterocycles. The van der Waals surface area contributed by atoms with Gasteiger partial charge in [-0.05, 0) is 59.5 Å². The van der Waals surface area contributed by atoms with Crippen LogP contribution in [0.5, 0.6) is 0 Å². The maximum Gasteiger partial charge on any atom is 0.319 e. The summed E-state index contributed by atoms with van der Waals surface area (Å²) in [7, 11) is 0. The van der Waals surface area contributed by atoms with Gasteiger partial charge in [-0.1, -0.05) is 0 Å². The number of anilines is 1. The van der Waals surface area contributed by atoms with Crippen LogP contribution in [0, 0.1) is 0 Å². The molecule has 1 aromatic rings. The van der Waals surface area contributed by atoms with Crippen molar-refractivity contribution in [1.29, 1.82) is 0 Å². The van der Waals surface area contributed by atoms with Gasteiger partial charge in [-0.2, -0.15) is 5.10 Å². The number of rotatable bonds is 7. The number of aromatic nitrogens is 2. The molecule has 0 bridgehead atoms. The average molecular weight is 337 g/mol. The molecular weight excluding hydrogens is 306 g/mol. The Bertz CT molecular complexity index is 523. The molecule has 7 heteroatoms. The highest BCUT2D eigenvalue weighted by Gasteiger charge is 2.22. The monoisotopic (exact) mass is 337 g/mol. The molecule has 24 heavy (non-hydrogen) atoms. The van der Waals surface area contributed by atoms with E-state index in [1.165, 1.54) is 6.42 Å². The van der Waals surface area contributed by atoms with E-state index < -0.39 is 0 Å². The minimum Gasteiger partial charge on any atom is -0.395 e. The van der Waals surface area contributed by atoms with Crippen molar-refractivity contribution < 1.29 is 9.90 Å². The maximum absolute atomic E-state index is 11.9. The second kappa shape index (κ2) is 8.48. The number of aliphatic hydroxyl groups is 1. The second-order valence-corrected chi connectivity index (χ2v) is 7.45. The average Bonchev–Trinajstić information content (AvgIpc) is 3.15. The largest absolute Gasteiger partial charge is 0.395 e. The fourth-order valence-corrected chi connectivity index (χ4v) is 2.97. The predicted molar refractivity (Wildman–Crippen MR) is 95.2 cm³/mol. The van der Waals surface area contributed by atoms with Crippen LogP contribution in [-0.2, 0) is 5.54 Å². The Morgan fingerprint density at radius 3 is 2.88 bits per heavy atom. The summed E-state index contributed by atoms with van der Waals surface area (Å²) in [5.41, 5.74) is 0.601. The highest BCUT2D eigenvalue weighted by Crippen LogP contribution is 2.17. The molecule has 0 radical (unpaired) electrons. The number of nitrogens with one attached hydrogen (secondary N) is 2. The molecule has 1 aromatic heterocycles. The summed E-state index contributed by atoms with van der Waals surface area (Å²) in [6.45, 7) is 9.16. The molecule has 0 aromatic carbocycles. The summed E-state index contributed by atoms with van der Waals surface area (Å²) in [5.74, 6) is 0. The first-order valence-corrected chi connectivity index (χ1v) is 8.85. The van der Waals surface area contributed by atoms with Crippen LogP contribution in [0.3, 0.4) is 0 Å². The number of hydrogen-bond donors (Lipinski definition) is 3. The molecule has 1 atom stereocenters. The van der Waals surface area contributed by atoms with Crippen LogP contribution in [0.15, 0.2) is 12.4 Å². The quantitative estimate of drug-likeness (QED) is 0.665. The van der Waals surface area contributed by atoms with Gasteiger partial charge in [-0.15, -0.1) is 0 Å². The van der Waals surface area contributed by atoms with E-state index in [0.29, 0.717) is 18.3 Å². The van der Waals surface area contributed by atoms with Crippen LogP contribution < -0.4 is 10.6 Å². The lowest BCUT2D eigenvalue weighted by atomic mass is 10.1. The lowest BCUT2D eigenvalue weighted by molar-refractivity contribution is 0.157. The molecule has 0 aliphatic carbocycles. The van der Waals surface area contributed by atoms with Crippen LogP contribution in [0.4, 0.5) is 10.5 Å². The zero-order valence-electron chi connectivity index (χ0n) is 15.1. The van der Waals surface area contributed by atoms with Crippen LogP contribution in [0.2, 0.25) is 0 Å². The van der Waals surface area contributed by atoms with Gasteiger partial charge in [0.1, 0.15) is 0 Å². The van der Waals surface area contributed by atoms with Gasteiger partial charge < -0.3 is 15.7 Å². The first-order valence-electron chi connectivity index (χ1n) is 8.85. The van der Waals surface area contributed by atoms with E-state index in [9.17, 15) is 9.90 Å². The zero-order valence-corrected chi connectivity index (χ0v) is 15.1. The van der Waals surface area contributed by atoms with Crippen LogP contribution >= 0.6 is 0 Å². The smallest absolute Gasteiger partial charge is 0.319 e. The number of amides is 2. The first-order chi connectivity index (χ1) is 11.4. The number of likely N-dealkylation sites (tertiary alicyclic amines) is 1. The molecule has 0 saturated carbocycles. The molecular formula is C17H31N5O2. The van der Waals surface area contributed by atoms with Crippen molar-refractivity contribution in [1.82, 2.24) is 20.0 Å². The number of aliphatic hydroxyl groups excluding tert-OH is 1. The standard InChI is InChI=1S/C17H31N5O2/c1-17(2,3)22-12-14(11-19-22)20-16(24)18-8-4-5-9-21-10-6-7-15(21)13-23/h11-12,15,23H,4-10,13H2,1-3H3,(H2,18,20,24). The molecule has 0 spiro atoms. The van der Waals surface area contributed by atoms with Crippen molar-refractivity contribution in [2.24, 2.45) is 0 Å². The molecule has 7 nitrogen and oxygen atoms in total. The molecule has 2 rings (SSSR count). The van der Waals surface area contributed by atoms with E-state index >= 15 is 0 Å². The number of carbonyl (C=O) groups is 1. The number of carbonyl (C=O) groups excluding carboxylic acids is 1. The third kappa shape index (κ3) is 5.49. The van der Waals surface area contributed by atoms with Gasteiger partial charge in [-0.3, -0.25) is 9.58 Å². The zero-order chi connectivity index (χ0) is 17.6. The topological polar surface area (TPSA) is 82.4 Å². The summed E-state index contributed by atoms with van der Waals surface area (Å²) in [5, 5.41) is 19.2. The van der Waals surface area contributed by atoms with Crippen molar-refractivity contribution in [2.75, 3.05) is 31.6 Å². The van der Waals surface area contributed by atoms with Crippen molar-refractivity contribution >= 4 is 11.7 Å². The van der Waals surface area contributed by atoms with Gasteiger partial charge in [0.25, 0.3) is 0 Å². The molecule has 1 aliphatic heterocycles. The molecule has 1 fully saturated rings. The Morgan fingerprint density at radius 1 is 1.42 bits per heavy atom. The van der Waals surface area contributed by atoms with Crippen LogP contribution in [0.1, 0.15) is 46.5 Å². The fourth-order valence-electron chi connectivity index (χ4n) is 2.97. The third-order valence-corrected chi connectivity index (χ3v) is 4.40. The normalized spacial score (nSPS) is 18.8. The number of unbranched alkanes of at least 4 members (excludes halogenated alkanes) is 1. The van der Waals surface area contributed by atoms with E-state index in [-0.39, 0.29) is 18.2 Å². The fraction of sp³-hybridized carbons (Fsp3) is 0.765. The lowest BCUT2D eigenvalue weighted by Crippen LogP contribution is -2.34. The van der Waals surface area contributed by atoms with E-state index in [2.05, 4.69) is 41.4 Å². The Kier molecular flexibility index (Phi) is 6.62. The summed E-state index contributed by atoms with van der Waals surface area (Å²) in [4.78, 5) is 14.2. The van der Waals surface area contributed by atoms with Crippen molar-refractivity contribution in [3.63, 3.8) is 0 Å². The molecule has 2 amide bonds. The van der Waals surface area contributed by atoms with Crippen LogP contribution in [-0.4, -0.2) is 58.1 Å². The van der Waals surface area contributed by atoms with E-state index in [1.54, 1.807) is 6.20 Å². The summed E-state index contributed by atoms with van der Waals surface area (Å²) in [6, 6.07) is 0.137. The number of urea groups is 1. The van der Waals surface area contributed by atoms with E-state index in [0.717, 1.165) is 32.4 Å². The van der Waals surface area contributed by atoms with E-state index in [1.807, 2.05) is 10.9 Å². The van der Waals surface area contributed by atoms with Gasteiger partial charge in [0.05, 0.1) is 24.0 Å². The van der Waals surface area contributed by atoms with E-state index in [4.69, 9.17) is 0 Å². The van der Waals surface area contributed by atoms with Crippen molar-refractivity contribution in [3.05, 3.63) is 12.4 Å². The lowest BCUT2D eigenvalue weighted by Gasteiger charge is -2.22. The molecule has 3 N–H and O–H groups in total. The molecule has 1 unspecified atom stereocenters. The summed E-state index contributed by atoms with van der Waals surface area (Å²) >= 11 is 0. The highest BCUT2D eigenvalue weighted by atomic mass is 16.3. The van der Waals surface area contributed by atoms with Crippen molar-refractivity contribution in [3.8, 4) is 0 Å². The summed E-state index contributed by atoms with van der Waals surface area (Å²) < 4.78 is 1.83. The Hall–Kier alpha value is -1.60. The van der Waals surface area contributed by atoms with Gasteiger partial charge in [0, 0.05) is 18.8 Å². The predicted octanol–water partition coefficient (Wildman–Crippen LogP) is 2.00. The molecule has 1 saturated heterocycles. The van der Waals surface area contributed by atoms with Gasteiger partial charge in [0.2, 0.25) is 0 Å². The minimum absolute atomic E-state index is 0.0988. The van der Waals surface area contributed by atoms with Crippen LogP contribution in [0.25, 0.3) is 0 Å². The Morgan fingerprint density at radius 2 is 2.21 bits per heavy atom. The SMILES string of the molecule is CC(C)(C)n1cc(NC(=O)NCCCCN2CCCC2CO)cn1. The van der Waals surface area contributed by atoms with Gasteiger partial charge in [-0.25, -0.2) is 4.79 Å². The third-order valence-electron chi connectivity index (χ3n) is 4.40. The summed E-state index contributed by atoms with van der Waals surface area (Å²) in [6.07, 6.45) is 7.73. The first kappa shape index (κ1) is 18.7. The maximum atomic E-state index is 11.9. The number of hydrogen-bond acceptors (Lipinski definition) is 4. The van der Waals surface area contributed by atoms with Gasteiger partial charge in [0.15, 0.2) is 0 Å².